The van der Waals surface area contributed by atoms with Crippen molar-refractivity contribution in [2.75, 3.05) is 7.11 Å². The quantitative estimate of drug-likeness (QED) is 0.264. The van der Waals surface area contributed by atoms with Gasteiger partial charge in [0.1, 0.15) is 10.9 Å². The van der Waals surface area contributed by atoms with E-state index in [4.69, 9.17) is 9.47 Å². The van der Waals surface area contributed by atoms with E-state index in [1.807, 2.05) is 84.9 Å². The number of para-hydroxylation sites is 2. The van der Waals surface area contributed by atoms with Gasteiger partial charge in [-0.2, -0.15) is 0 Å². The molecule has 0 saturated heterocycles. The second kappa shape index (κ2) is 7.73. The van der Waals surface area contributed by atoms with Crippen molar-refractivity contribution in [3.8, 4) is 17.2 Å². The van der Waals surface area contributed by atoms with E-state index in [0.717, 1.165) is 31.9 Å². The van der Waals surface area contributed by atoms with Gasteiger partial charge in [0, 0.05) is 17.2 Å². The minimum Gasteiger partial charge on any atom is -0.491 e. The summed E-state index contributed by atoms with van der Waals surface area (Å²) in [6.07, 6.45) is 0. The van der Waals surface area contributed by atoms with Crippen LogP contribution in [0.4, 0.5) is 0 Å². The van der Waals surface area contributed by atoms with Crippen LogP contribution in [0.2, 0.25) is 0 Å². The van der Waals surface area contributed by atoms with E-state index < -0.39 is 10.9 Å². The molecule has 146 valence electrons. The molecule has 0 unspecified atom stereocenters. The smallest absolute Gasteiger partial charge is 0.209 e. The molecule has 0 aliphatic carbocycles. The molecule has 0 bridgehead atoms. The molecule has 0 atom stereocenters. The van der Waals surface area contributed by atoms with Crippen molar-refractivity contribution in [2.45, 2.75) is 14.7 Å². The van der Waals surface area contributed by atoms with Gasteiger partial charge in [-0.1, -0.05) is 54.6 Å². The van der Waals surface area contributed by atoms with Gasteiger partial charge >= 0.3 is 0 Å². The molecule has 3 nitrogen and oxygen atoms in total. The lowest BCUT2D eigenvalue weighted by Crippen LogP contribution is -2.14. The summed E-state index contributed by atoms with van der Waals surface area (Å²) in [5.74, 6) is 2.43. The Morgan fingerprint density at radius 2 is 1.30 bits per heavy atom. The first-order valence-corrected chi connectivity index (χ1v) is 10.9. The van der Waals surface area contributed by atoms with Gasteiger partial charge in [-0.15, -0.1) is 0 Å². The zero-order chi connectivity index (χ0) is 20.5. The molecular formula is C26H19O3S+. The third-order valence-corrected chi connectivity index (χ3v) is 7.35. The first-order chi connectivity index (χ1) is 14.8. The van der Waals surface area contributed by atoms with Crippen LogP contribution in [0, 0.1) is 0 Å². The molecule has 30 heavy (non-hydrogen) atoms. The van der Waals surface area contributed by atoms with E-state index in [1.54, 1.807) is 7.11 Å². The summed E-state index contributed by atoms with van der Waals surface area (Å²) in [6.45, 7) is 0. The maximum absolute atomic E-state index is 13.1. The first-order valence-electron chi connectivity index (χ1n) is 9.64. The highest BCUT2D eigenvalue weighted by atomic mass is 32.2. The molecule has 0 spiro atoms. The second-order valence-electron chi connectivity index (χ2n) is 6.86. The van der Waals surface area contributed by atoms with Gasteiger partial charge in [-0.05, 0) is 36.4 Å². The third kappa shape index (κ3) is 3.15. The molecule has 4 aromatic rings. The largest absolute Gasteiger partial charge is 0.491 e. The maximum Gasteiger partial charge on any atom is 0.209 e. The number of methoxy groups -OCH3 is 1. The van der Waals surface area contributed by atoms with E-state index in [-0.39, 0.29) is 5.78 Å². The van der Waals surface area contributed by atoms with Crippen molar-refractivity contribution in [1.82, 2.24) is 0 Å². The van der Waals surface area contributed by atoms with E-state index >= 15 is 0 Å². The van der Waals surface area contributed by atoms with Crippen LogP contribution in [0.5, 0.6) is 17.2 Å². The summed E-state index contributed by atoms with van der Waals surface area (Å²) in [4.78, 5) is 16.2. The number of hydrogen-bond acceptors (Lipinski definition) is 3. The molecule has 0 fully saturated rings. The molecule has 5 rings (SSSR count). The lowest BCUT2D eigenvalue weighted by atomic mass is 10.0. The normalized spacial score (nSPS) is 12.4. The number of fused-ring (bicyclic) bond motifs is 2. The molecule has 0 amide bonds. The van der Waals surface area contributed by atoms with Crippen LogP contribution in [0.1, 0.15) is 15.9 Å². The zero-order valence-electron chi connectivity index (χ0n) is 16.4. The van der Waals surface area contributed by atoms with Gasteiger partial charge in [0.25, 0.3) is 0 Å². The van der Waals surface area contributed by atoms with Gasteiger partial charge in [0.15, 0.2) is 23.0 Å². The van der Waals surface area contributed by atoms with Crippen LogP contribution in [0.15, 0.2) is 112 Å². The summed E-state index contributed by atoms with van der Waals surface area (Å²) >= 11 is 0. The Morgan fingerprint density at radius 3 is 1.93 bits per heavy atom. The Labute approximate surface area is 178 Å². The fourth-order valence-corrected chi connectivity index (χ4v) is 5.97. The molecule has 0 saturated carbocycles. The number of rotatable bonds is 4. The fourth-order valence-electron chi connectivity index (χ4n) is 3.61. The van der Waals surface area contributed by atoms with Crippen molar-refractivity contribution >= 4 is 16.7 Å². The van der Waals surface area contributed by atoms with E-state index in [2.05, 4.69) is 12.1 Å². The highest BCUT2D eigenvalue weighted by molar-refractivity contribution is 7.97. The molecule has 1 aliphatic heterocycles. The van der Waals surface area contributed by atoms with Crippen LogP contribution in [-0.4, -0.2) is 12.9 Å². The molecular weight excluding hydrogens is 392 g/mol. The summed E-state index contributed by atoms with van der Waals surface area (Å²) in [6, 6.07) is 31.1. The van der Waals surface area contributed by atoms with Crippen molar-refractivity contribution in [2.24, 2.45) is 0 Å². The highest BCUT2D eigenvalue weighted by Crippen LogP contribution is 2.48. The second-order valence-corrected chi connectivity index (χ2v) is 8.79. The number of benzene rings is 4. The Kier molecular flexibility index (Phi) is 4.77. The summed E-state index contributed by atoms with van der Waals surface area (Å²) in [5, 5.41) is 0. The maximum atomic E-state index is 13.1. The van der Waals surface area contributed by atoms with Crippen molar-refractivity contribution in [3.63, 3.8) is 0 Å². The summed E-state index contributed by atoms with van der Waals surface area (Å²) < 4.78 is 11.9. The van der Waals surface area contributed by atoms with Gasteiger partial charge < -0.3 is 9.47 Å². The Morgan fingerprint density at radius 1 is 0.700 bits per heavy atom. The van der Waals surface area contributed by atoms with Crippen LogP contribution in [0.25, 0.3) is 0 Å². The fraction of sp³-hybridized carbons (Fsp3) is 0.0385. The Hall–Kier alpha value is -3.50. The summed E-state index contributed by atoms with van der Waals surface area (Å²) in [7, 11) is 1.21. The van der Waals surface area contributed by atoms with Crippen molar-refractivity contribution in [3.05, 3.63) is 108 Å². The standard InChI is InChI=1S/C26H19O3S/c1-28-20-16-15-19(26(27)18-9-3-2-4-10-18)17-25(20)30-23-13-7-5-11-21(23)29-22-12-6-8-14-24(22)30/h2-17H,1H3/q+1. The zero-order valence-corrected chi connectivity index (χ0v) is 17.2. The minimum absolute atomic E-state index is 0.00191. The first kappa shape index (κ1) is 18.5. The van der Waals surface area contributed by atoms with Crippen molar-refractivity contribution in [1.29, 1.82) is 0 Å². The molecule has 1 aliphatic rings. The molecule has 1 heterocycles. The monoisotopic (exact) mass is 411 g/mol. The predicted molar refractivity (Wildman–Crippen MR) is 118 cm³/mol. The number of hydrogen-bond donors (Lipinski definition) is 0. The number of ketones is 1. The average molecular weight is 412 g/mol. The number of carbonyl (C=O) groups is 1. The summed E-state index contributed by atoms with van der Waals surface area (Å²) in [5.41, 5.74) is 1.32. The van der Waals surface area contributed by atoms with Gasteiger partial charge in [0.05, 0.1) is 7.11 Å². The third-order valence-electron chi connectivity index (χ3n) is 5.04. The number of ether oxygens (including phenoxy) is 2. The molecule has 0 N–H and O–H groups in total. The van der Waals surface area contributed by atoms with Gasteiger partial charge in [-0.3, -0.25) is 4.79 Å². The van der Waals surface area contributed by atoms with E-state index in [0.29, 0.717) is 11.1 Å². The Balaban J connectivity index is 1.70. The molecule has 0 radical (unpaired) electrons. The van der Waals surface area contributed by atoms with Crippen molar-refractivity contribution < 1.29 is 14.3 Å². The lowest BCUT2D eigenvalue weighted by molar-refractivity contribution is 0.103. The van der Waals surface area contributed by atoms with Crippen LogP contribution in [0.3, 0.4) is 0 Å². The molecule has 0 aromatic heterocycles. The lowest BCUT2D eigenvalue weighted by Gasteiger charge is -2.20. The van der Waals surface area contributed by atoms with Crippen LogP contribution >= 0.6 is 0 Å². The van der Waals surface area contributed by atoms with E-state index in [1.165, 1.54) is 0 Å². The van der Waals surface area contributed by atoms with Crippen LogP contribution < -0.4 is 9.47 Å². The molecule has 4 heteroatoms. The SMILES string of the molecule is COc1ccc(C(=O)c2ccccc2)cc1[S+]1c2ccccc2Oc2ccccc21. The Bertz CT molecular complexity index is 1190. The molecule has 4 aromatic carbocycles. The highest BCUT2D eigenvalue weighted by Gasteiger charge is 2.41. The minimum atomic E-state index is -0.455. The number of carbonyl (C=O) groups excluding carboxylic acids is 1. The average Bonchev–Trinajstić information content (AvgIpc) is 2.82. The van der Waals surface area contributed by atoms with Gasteiger partial charge in [0.2, 0.25) is 14.7 Å². The van der Waals surface area contributed by atoms with E-state index in [9.17, 15) is 4.79 Å². The topological polar surface area (TPSA) is 35.5 Å². The predicted octanol–water partition coefficient (Wildman–Crippen LogP) is 6.13. The van der Waals surface area contributed by atoms with Gasteiger partial charge in [-0.25, -0.2) is 0 Å². The van der Waals surface area contributed by atoms with Crippen LogP contribution in [-0.2, 0) is 10.9 Å².